The normalized spacial score (nSPS) is 17.4. The van der Waals surface area contributed by atoms with Crippen molar-refractivity contribution >= 4 is 28.9 Å². The van der Waals surface area contributed by atoms with E-state index in [1.165, 1.54) is 11.1 Å². The summed E-state index contributed by atoms with van der Waals surface area (Å²) in [5.74, 6) is 0.117. The molecule has 0 saturated heterocycles. The monoisotopic (exact) mass is 552 g/mol. The second-order valence-electron chi connectivity index (χ2n) is 11.6. The standard InChI is InChI=1S/C34H40N4O3/c1-4-41-31(39)18-16-25-15-17-30-32(24(25)2)38(35-36(30)3)29-14-10-11-26-23-37(22-19-28(26)29)33(40)34(20-8-9-21-34)27-12-6-5-7-13-27/h5-7,10-15,17,35H,4,8-9,16,18-23H2,1-3H3. The average Bonchev–Trinajstić information content (AvgIpc) is 3.63. The molecule has 1 aliphatic carbocycles. The zero-order valence-corrected chi connectivity index (χ0v) is 24.4. The molecule has 214 valence electrons. The number of carbonyl (C=O) groups excluding carboxylic acids is 2. The largest absolute Gasteiger partial charge is 0.466 e. The summed E-state index contributed by atoms with van der Waals surface area (Å²) in [4.78, 5) is 28.3. The van der Waals surface area contributed by atoms with Crippen LogP contribution in [-0.4, -0.2) is 37.0 Å². The van der Waals surface area contributed by atoms with Crippen LogP contribution in [-0.2, 0) is 39.1 Å². The number of hydrogen-bond acceptors (Lipinski definition) is 6. The molecule has 7 nitrogen and oxygen atoms in total. The lowest BCUT2D eigenvalue weighted by Crippen LogP contribution is -2.47. The number of amides is 1. The molecule has 0 spiro atoms. The molecule has 0 bridgehead atoms. The van der Waals surface area contributed by atoms with Crippen molar-refractivity contribution in [2.75, 3.05) is 30.2 Å². The van der Waals surface area contributed by atoms with Gasteiger partial charge in [0, 0.05) is 26.6 Å². The van der Waals surface area contributed by atoms with E-state index in [0.717, 1.165) is 65.9 Å². The first-order chi connectivity index (χ1) is 19.9. The molecule has 0 aromatic heterocycles. The lowest BCUT2D eigenvalue weighted by atomic mass is 9.77. The minimum atomic E-state index is -0.397. The summed E-state index contributed by atoms with van der Waals surface area (Å²) >= 11 is 0. The lowest BCUT2D eigenvalue weighted by Gasteiger charge is -2.38. The number of nitrogens with zero attached hydrogens (tertiary/aromatic N) is 3. The Balaban J connectivity index is 1.28. The van der Waals surface area contributed by atoms with Gasteiger partial charge in [0.25, 0.3) is 0 Å². The first kappa shape index (κ1) is 27.3. The van der Waals surface area contributed by atoms with Gasteiger partial charge in [-0.3, -0.25) is 19.6 Å². The molecule has 7 heteroatoms. The van der Waals surface area contributed by atoms with Gasteiger partial charge in [-0.25, -0.2) is 0 Å². The highest BCUT2D eigenvalue weighted by atomic mass is 16.5. The molecule has 1 N–H and O–H groups in total. The maximum Gasteiger partial charge on any atom is 0.306 e. The fraction of sp³-hybridized carbons (Fsp3) is 0.412. The summed E-state index contributed by atoms with van der Waals surface area (Å²) in [5, 5.41) is 4.22. The van der Waals surface area contributed by atoms with Crippen LogP contribution in [0.3, 0.4) is 0 Å². The van der Waals surface area contributed by atoms with E-state index < -0.39 is 5.41 Å². The first-order valence-corrected chi connectivity index (χ1v) is 15.0. The number of carbonyl (C=O) groups is 2. The van der Waals surface area contributed by atoms with Crippen LogP contribution in [0.2, 0.25) is 0 Å². The van der Waals surface area contributed by atoms with Gasteiger partial charge in [0.05, 0.1) is 29.1 Å². The van der Waals surface area contributed by atoms with Crippen LogP contribution in [0.4, 0.5) is 17.1 Å². The number of fused-ring (bicyclic) bond motifs is 2. The number of esters is 1. The highest BCUT2D eigenvalue weighted by molar-refractivity contribution is 5.89. The number of nitrogens with one attached hydrogen (secondary N) is 1. The highest BCUT2D eigenvalue weighted by Crippen LogP contribution is 2.46. The molecule has 2 aliphatic heterocycles. The van der Waals surface area contributed by atoms with E-state index in [-0.39, 0.29) is 11.9 Å². The fourth-order valence-electron chi connectivity index (χ4n) is 7.09. The van der Waals surface area contributed by atoms with Crippen molar-refractivity contribution in [3.63, 3.8) is 0 Å². The van der Waals surface area contributed by atoms with E-state index in [2.05, 4.69) is 77.0 Å². The number of ether oxygens (including phenoxy) is 1. The van der Waals surface area contributed by atoms with Gasteiger partial charge in [0.2, 0.25) is 5.91 Å². The number of anilines is 3. The van der Waals surface area contributed by atoms with Crippen LogP contribution >= 0.6 is 0 Å². The van der Waals surface area contributed by atoms with E-state index in [9.17, 15) is 9.59 Å². The Kier molecular flexibility index (Phi) is 7.47. The predicted molar refractivity (Wildman–Crippen MR) is 162 cm³/mol. The van der Waals surface area contributed by atoms with Crippen LogP contribution < -0.4 is 15.6 Å². The Bertz CT molecular complexity index is 1450. The van der Waals surface area contributed by atoms with Gasteiger partial charge >= 0.3 is 5.97 Å². The quantitative estimate of drug-likeness (QED) is 0.369. The molecule has 41 heavy (non-hydrogen) atoms. The molecule has 2 heterocycles. The van der Waals surface area contributed by atoms with Crippen LogP contribution in [0.5, 0.6) is 0 Å². The minimum absolute atomic E-state index is 0.164. The van der Waals surface area contributed by atoms with E-state index in [0.29, 0.717) is 32.5 Å². The Hall–Kier alpha value is -3.84. The van der Waals surface area contributed by atoms with Crippen molar-refractivity contribution in [2.45, 2.75) is 70.8 Å². The highest BCUT2D eigenvalue weighted by Gasteiger charge is 2.45. The Labute approximate surface area is 243 Å². The van der Waals surface area contributed by atoms with Crippen LogP contribution in [0.15, 0.2) is 60.7 Å². The van der Waals surface area contributed by atoms with E-state index in [4.69, 9.17) is 4.74 Å². The Morgan fingerprint density at radius 2 is 1.76 bits per heavy atom. The molecular formula is C34H40N4O3. The van der Waals surface area contributed by atoms with Gasteiger partial charge < -0.3 is 9.64 Å². The summed E-state index contributed by atoms with van der Waals surface area (Å²) in [5.41, 5.74) is 12.4. The Morgan fingerprint density at radius 1 is 0.976 bits per heavy atom. The second kappa shape index (κ2) is 11.2. The van der Waals surface area contributed by atoms with Gasteiger partial charge in [0.1, 0.15) is 0 Å². The summed E-state index contributed by atoms with van der Waals surface area (Å²) in [6.07, 6.45) is 5.87. The first-order valence-electron chi connectivity index (χ1n) is 15.0. The van der Waals surface area contributed by atoms with Gasteiger partial charge in [0.15, 0.2) is 0 Å². The summed E-state index contributed by atoms with van der Waals surface area (Å²) < 4.78 is 5.16. The zero-order valence-electron chi connectivity index (χ0n) is 24.4. The number of hydrazine groups is 2. The van der Waals surface area contributed by atoms with Crippen molar-refractivity contribution in [1.29, 1.82) is 0 Å². The SMILES string of the molecule is CCOC(=O)CCc1ccc2c(c1C)N(c1cccc3c1CCN(C(=O)C1(c4ccccc4)CCCC1)C3)NN2C. The molecule has 3 aromatic rings. The maximum absolute atomic E-state index is 14.2. The second-order valence-corrected chi connectivity index (χ2v) is 11.6. The smallest absolute Gasteiger partial charge is 0.306 e. The van der Waals surface area contributed by atoms with Gasteiger partial charge in [-0.05, 0) is 79.5 Å². The average molecular weight is 553 g/mol. The number of benzene rings is 3. The molecule has 0 unspecified atom stereocenters. The molecule has 3 aliphatic rings. The molecular weight excluding hydrogens is 512 g/mol. The van der Waals surface area contributed by atoms with E-state index in [1.54, 1.807) is 0 Å². The molecule has 3 aromatic carbocycles. The summed E-state index contributed by atoms with van der Waals surface area (Å²) in [6, 6.07) is 21.1. The van der Waals surface area contributed by atoms with Gasteiger partial charge in [-0.1, -0.05) is 61.4 Å². The van der Waals surface area contributed by atoms with Crippen LogP contribution in [0.1, 0.15) is 66.8 Å². The molecule has 0 radical (unpaired) electrons. The maximum atomic E-state index is 14.2. The topological polar surface area (TPSA) is 65.1 Å². The number of rotatable bonds is 7. The molecule has 1 amide bonds. The lowest BCUT2D eigenvalue weighted by molar-refractivity contribution is -0.143. The third-order valence-corrected chi connectivity index (χ3v) is 9.22. The van der Waals surface area contributed by atoms with Crippen molar-refractivity contribution in [3.05, 3.63) is 88.5 Å². The van der Waals surface area contributed by atoms with Crippen molar-refractivity contribution in [3.8, 4) is 0 Å². The van der Waals surface area contributed by atoms with Crippen molar-refractivity contribution in [1.82, 2.24) is 10.4 Å². The predicted octanol–water partition coefficient (Wildman–Crippen LogP) is 5.89. The molecule has 1 saturated carbocycles. The zero-order chi connectivity index (χ0) is 28.6. The summed E-state index contributed by atoms with van der Waals surface area (Å²) in [6.45, 7) is 5.72. The van der Waals surface area contributed by atoms with E-state index >= 15 is 0 Å². The van der Waals surface area contributed by atoms with Gasteiger partial charge in [-0.15, -0.1) is 5.53 Å². The third kappa shape index (κ3) is 4.86. The summed E-state index contributed by atoms with van der Waals surface area (Å²) in [7, 11) is 2.02. The molecule has 6 rings (SSSR count). The molecule has 0 atom stereocenters. The molecule has 1 fully saturated rings. The fourth-order valence-corrected chi connectivity index (χ4v) is 7.09. The van der Waals surface area contributed by atoms with Crippen molar-refractivity contribution in [2.24, 2.45) is 0 Å². The Morgan fingerprint density at radius 3 is 2.51 bits per heavy atom. The number of aryl methyl sites for hydroxylation is 1. The number of hydrogen-bond donors (Lipinski definition) is 1. The van der Waals surface area contributed by atoms with Crippen LogP contribution in [0, 0.1) is 6.92 Å². The third-order valence-electron chi connectivity index (χ3n) is 9.22. The van der Waals surface area contributed by atoms with E-state index in [1.807, 2.05) is 25.0 Å². The minimum Gasteiger partial charge on any atom is -0.466 e. The van der Waals surface area contributed by atoms with Crippen molar-refractivity contribution < 1.29 is 14.3 Å². The van der Waals surface area contributed by atoms with Crippen LogP contribution in [0.25, 0.3) is 0 Å². The van der Waals surface area contributed by atoms with Gasteiger partial charge in [-0.2, -0.15) is 0 Å².